The van der Waals surface area contributed by atoms with Crippen molar-refractivity contribution in [2.24, 2.45) is 10.9 Å². The molecule has 7 heteroatoms. The molecular weight excluding hydrogens is 305 g/mol. The Balaban J connectivity index is 2.23. The van der Waals surface area contributed by atoms with Gasteiger partial charge >= 0.3 is 0 Å². The largest absolute Gasteiger partial charge is 0.409 e. The first-order valence-electron chi connectivity index (χ1n) is 5.17. The highest BCUT2D eigenvalue weighted by atomic mass is 35.5. The fourth-order valence-corrected chi connectivity index (χ4v) is 2.61. The Morgan fingerprint density at radius 1 is 1.26 bits per heavy atom. The predicted molar refractivity (Wildman–Crippen MR) is 77.3 cm³/mol. The lowest BCUT2D eigenvalue weighted by atomic mass is 10.2. The van der Waals surface area contributed by atoms with Crippen LogP contribution in [0.5, 0.6) is 0 Å². The van der Waals surface area contributed by atoms with Crippen LogP contribution < -0.4 is 5.73 Å². The van der Waals surface area contributed by atoms with Crippen LogP contribution in [-0.4, -0.2) is 16.0 Å². The summed E-state index contributed by atoms with van der Waals surface area (Å²) in [6.45, 7) is 0. The van der Waals surface area contributed by atoms with Crippen molar-refractivity contribution in [2.75, 3.05) is 0 Å². The third kappa shape index (κ3) is 3.53. The Labute approximate surface area is 124 Å². The summed E-state index contributed by atoms with van der Waals surface area (Å²) in [6, 6.07) is 8.83. The summed E-state index contributed by atoms with van der Waals surface area (Å²) in [5.41, 5.74) is 5.98. The van der Waals surface area contributed by atoms with Gasteiger partial charge in [0.05, 0.1) is 10.0 Å². The summed E-state index contributed by atoms with van der Waals surface area (Å²) >= 11 is 13.3. The maximum Gasteiger partial charge on any atom is 0.171 e. The van der Waals surface area contributed by atoms with Crippen LogP contribution in [0.3, 0.4) is 0 Å². The summed E-state index contributed by atoms with van der Waals surface area (Å²) in [4.78, 5) is 5.07. The van der Waals surface area contributed by atoms with Gasteiger partial charge in [0.15, 0.2) is 5.84 Å². The van der Waals surface area contributed by atoms with Crippen LogP contribution >= 0.6 is 35.0 Å². The van der Waals surface area contributed by atoms with Crippen molar-refractivity contribution in [3.63, 3.8) is 0 Å². The number of hydrogen-bond acceptors (Lipinski definition) is 4. The molecule has 0 aliphatic rings. The van der Waals surface area contributed by atoms with Gasteiger partial charge in [-0.05, 0) is 30.3 Å². The van der Waals surface area contributed by atoms with E-state index in [1.54, 1.807) is 24.4 Å². The highest BCUT2D eigenvalue weighted by molar-refractivity contribution is 7.99. The molecule has 0 aliphatic carbocycles. The molecule has 4 nitrogen and oxygen atoms in total. The molecule has 1 heterocycles. The number of amidine groups is 1. The van der Waals surface area contributed by atoms with E-state index in [4.69, 9.17) is 34.1 Å². The minimum atomic E-state index is -0.0221. The Kier molecular flexibility index (Phi) is 4.52. The number of nitrogens with zero attached hydrogens (tertiary/aromatic N) is 2. The molecule has 0 bridgehead atoms. The number of oxime groups is 1. The van der Waals surface area contributed by atoms with Crippen molar-refractivity contribution < 1.29 is 5.21 Å². The molecule has 0 atom stereocenters. The van der Waals surface area contributed by atoms with Crippen LogP contribution in [0.25, 0.3) is 0 Å². The van der Waals surface area contributed by atoms with Gasteiger partial charge in [0.2, 0.25) is 0 Å². The second-order valence-corrected chi connectivity index (χ2v) is 5.48. The normalized spacial score (nSPS) is 11.6. The van der Waals surface area contributed by atoms with E-state index in [2.05, 4.69) is 10.1 Å². The summed E-state index contributed by atoms with van der Waals surface area (Å²) < 4.78 is 0. The van der Waals surface area contributed by atoms with E-state index in [0.717, 1.165) is 9.92 Å². The van der Waals surface area contributed by atoms with Crippen LogP contribution in [0.2, 0.25) is 10.0 Å². The third-order valence-corrected chi connectivity index (χ3v) is 3.72. The molecule has 0 aliphatic heterocycles. The van der Waals surface area contributed by atoms with E-state index >= 15 is 0 Å². The van der Waals surface area contributed by atoms with Crippen LogP contribution in [0.4, 0.5) is 0 Å². The van der Waals surface area contributed by atoms with E-state index < -0.39 is 0 Å². The first-order valence-corrected chi connectivity index (χ1v) is 6.74. The van der Waals surface area contributed by atoms with Crippen molar-refractivity contribution in [1.82, 2.24) is 4.98 Å². The number of nitrogens with two attached hydrogens (primary N) is 1. The molecule has 0 radical (unpaired) electrons. The smallest absolute Gasteiger partial charge is 0.171 e. The molecule has 0 amide bonds. The molecule has 3 N–H and O–H groups in total. The van der Waals surface area contributed by atoms with Gasteiger partial charge in [0.1, 0.15) is 5.03 Å². The second-order valence-electron chi connectivity index (χ2n) is 3.54. The number of rotatable bonds is 3. The SMILES string of the molecule is NC(=NO)c1ccc(Sc2ccc(Cl)cn2)cc1Cl. The molecule has 0 saturated carbocycles. The van der Waals surface area contributed by atoms with E-state index in [9.17, 15) is 0 Å². The second kappa shape index (κ2) is 6.14. The highest BCUT2D eigenvalue weighted by Gasteiger charge is 2.07. The minimum absolute atomic E-state index is 0.0221. The number of hydrogen-bond donors (Lipinski definition) is 2. The number of benzene rings is 1. The molecule has 0 spiro atoms. The Morgan fingerprint density at radius 2 is 2.05 bits per heavy atom. The fraction of sp³-hybridized carbons (Fsp3) is 0. The summed E-state index contributed by atoms with van der Waals surface area (Å²) in [6.07, 6.45) is 1.58. The lowest BCUT2D eigenvalue weighted by molar-refractivity contribution is 0.318. The zero-order valence-electron chi connectivity index (χ0n) is 9.55. The lowest BCUT2D eigenvalue weighted by Gasteiger charge is -2.05. The molecule has 98 valence electrons. The number of halogens is 2. The zero-order chi connectivity index (χ0) is 13.8. The third-order valence-electron chi connectivity index (χ3n) is 2.25. The predicted octanol–water partition coefficient (Wildman–Crippen LogP) is 3.63. The van der Waals surface area contributed by atoms with Crippen LogP contribution in [0, 0.1) is 0 Å². The van der Waals surface area contributed by atoms with Gasteiger partial charge in [0.25, 0.3) is 0 Å². The molecule has 2 rings (SSSR count). The lowest BCUT2D eigenvalue weighted by Crippen LogP contribution is -2.13. The summed E-state index contributed by atoms with van der Waals surface area (Å²) in [7, 11) is 0. The topological polar surface area (TPSA) is 71.5 Å². The van der Waals surface area contributed by atoms with Gasteiger partial charge in [-0.1, -0.05) is 40.1 Å². The maximum atomic E-state index is 8.62. The molecule has 0 fully saturated rings. The van der Waals surface area contributed by atoms with Gasteiger partial charge in [-0.3, -0.25) is 0 Å². The monoisotopic (exact) mass is 313 g/mol. The van der Waals surface area contributed by atoms with Gasteiger partial charge in [-0.2, -0.15) is 0 Å². The van der Waals surface area contributed by atoms with Gasteiger partial charge in [-0.15, -0.1) is 0 Å². The standard InChI is InChI=1S/C12H9Cl2N3OS/c13-7-1-4-11(16-6-7)19-8-2-3-9(10(14)5-8)12(15)17-18/h1-6,18H,(H2,15,17). The molecular formula is C12H9Cl2N3OS. The van der Waals surface area contributed by atoms with E-state index in [0.29, 0.717) is 15.6 Å². The van der Waals surface area contributed by atoms with E-state index in [1.165, 1.54) is 11.8 Å². The van der Waals surface area contributed by atoms with Gasteiger partial charge in [-0.25, -0.2) is 4.98 Å². The Morgan fingerprint density at radius 3 is 2.63 bits per heavy atom. The molecule has 2 aromatic rings. The molecule has 1 aromatic carbocycles. The molecule has 1 aromatic heterocycles. The fourth-order valence-electron chi connectivity index (χ4n) is 1.36. The molecule has 19 heavy (non-hydrogen) atoms. The van der Waals surface area contributed by atoms with Crippen LogP contribution in [-0.2, 0) is 0 Å². The van der Waals surface area contributed by atoms with Crippen LogP contribution in [0.15, 0.2) is 51.6 Å². The highest BCUT2D eigenvalue weighted by Crippen LogP contribution is 2.30. The number of pyridine rings is 1. The summed E-state index contributed by atoms with van der Waals surface area (Å²) in [5.74, 6) is -0.0221. The molecule has 0 saturated heterocycles. The minimum Gasteiger partial charge on any atom is -0.409 e. The molecule has 0 unspecified atom stereocenters. The van der Waals surface area contributed by atoms with Crippen molar-refractivity contribution >= 4 is 40.8 Å². The van der Waals surface area contributed by atoms with Gasteiger partial charge in [0, 0.05) is 16.7 Å². The van der Waals surface area contributed by atoms with Crippen molar-refractivity contribution in [3.05, 3.63) is 52.1 Å². The maximum absolute atomic E-state index is 8.62. The van der Waals surface area contributed by atoms with Crippen molar-refractivity contribution in [3.8, 4) is 0 Å². The first-order chi connectivity index (χ1) is 9.10. The van der Waals surface area contributed by atoms with Crippen LogP contribution in [0.1, 0.15) is 5.56 Å². The average molecular weight is 314 g/mol. The first kappa shape index (κ1) is 14.0. The van der Waals surface area contributed by atoms with Crippen molar-refractivity contribution in [2.45, 2.75) is 9.92 Å². The number of aromatic nitrogens is 1. The Hall–Kier alpha value is -1.43. The zero-order valence-corrected chi connectivity index (χ0v) is 11.9. The Bertz CT molecular complexity index is 617. The average Bonchev–Trinajstić information content (AvgIpc) is 2.41. The van der Waals surface area contributed by atoms with Gasteiger partial charge < -0.3 is 10.9 Å². The summed E-state index contributed by atoms with van der Waals surface area (Å²) in [5, 5.41) is 13.3. The quantitative estimate of drug-likeness (QED) is 0.393. The van der Waals surface area contributed by atoms with E-state index in [1.807, 2.05) is 12.1 Å². The van der Waals surface area contributed by atoms with E-state index in [-0.39, 0.29) is 5.84 Å². The van der Waals surface area contributed by atoms with Crippen molar-refractivity contribution in [1.29, 1.82) is 0 Å².